The molecule has 0 radical (unpaired) electrons. The third-order valence-corrected chi connectivity index (χ3v) is 5.40. The number of benzene rings is 1. The molecule has 13 heteroatoms. The fraction of sp³-hybridized carbons (Fsp3) is 0.500. The molecule has 0 saturated carbocycles. The van der Waals surface area contributed by atoms with Crippen LogP contribution in [0.3, 0.4) is 0 Å². The lowest BCUT2D eigenvalue weighted by Gasteiger charge is -2.43. The minimum atomic E-state index is -1.18. The first-order valence-corrected chi connectivity index (χ1v) is 10.7. The summed E-state index contributed by atoms with van der Waals surface area (Å²) in [6, 6.07) is 5.67. The van der Waals surface area contributed by atoms with Gasteiger partial charge in [0.25, 0.3) is 0 Å². The maximum atomic E-state index is 11.8. The Morgan fingerprint density at radius 3 is 2.33 bits per heavy atom. The largest absolute Gasteiger partial charge is 0.463 e. The SMILES string of the molecule is CC(=O)Nc1cccc(S[C@@H]2OC(COC(C)=O)[C@@H](OC(C)=O)C(N=[N+]=[N-])C2OC(C)=O)c1. The van der Waals surface area contributed by atoms with Gasteiger partial charge in [-0.3, -0.25) is 19.2 Å². The molecule has 0 bridgehead atoms. The Morgan fingerprint density at radius 2 is 1.76 bits per heavy atom. The summed E-state index contributed by atoms with van der Waals surface area (Å²) in [4.78, 5) is 49.7. The molecule has 1 heterocycles. The lowest BCUT2D eigenvalue weighted by Crippen LogP contribution is -2.59. The summed E-state index contributed by atoms with van der Waals surface area (Å²) >= 11 is 1.13. The van der Waals surface area contributed by atoms with Gasteiger partial charge in [0, 0.05) is 43.2 Å². The predicted molar refractivity (Wildman–Crippen MR) is 116 cm³/mol. The Kier molecular flexibility index (Phi) is 9.52. The van der Waals surface area contributed by atoms with E-state index in [-0.39, 0.29) is 12.5 Å². The summed E-state index contributed by atoms with van der Waals surface area (Å²) < 4.78 is 21.8. The minimum absolute atomic E-state index is 0.252. The fourth-order valence-electron chi connectivity index (χ4n) is 3.15. The third-order valence-electron chi connectivity index (χ3n) is 4.26. The Labute approximate surface area is 193 Å². The highest BCUT2D eigenvalue weighted by Gasteiger charge is 2.50. The molecule has 1 N–H and O–H groups in total. The van der Waals surface area contributed by atoms with Crippen LogP contribution in [0.15, 0.2) is 34.3 Å². The van der Waals surface area contributed by atoms with E-state index in [2.05, 4.69) is 15.3 Å². The summed E-state index contributed by atoms with van der Waals surface area (Å²) in [6.07, 6.45) is -3.31. The molecule has 1 fully saturated rings. The first kappa shape index (κ1) is 26.0. The van der Waals surface area contributed by atoms with E-state index in [1.54, 1.807) is 24.3 Å². The number of rotatable bonds is 8. The van der Waals surface area contributed by atoms with E-state index < -0.39 is 47.7 Å². The fourth-order valence-corrected chi connectivity index (χ4v) is 4.32. The lowest BCUT2D eigenvalue weighted by molar-refractivity contribution is -0.201. The van der Waals surface area contributed by atoms with E-state index in [4.69, 9.17) is 24.5 Å². The molecule has 1 amide bonds. The van der Waals surface area contributed by atoms with Crippen LogP contribution in [0.2, 0.25) is 0 Å². The van der Waals surface area contributed by atoms with Gasteiger partial charge in [-0.2, -0.15) is 0 Å². The molecule has 5 atom stereocenters. The third kappa shape index (κ3) is 7.97. The smallest absolute Gasteiger partial charge is 0.303 e. The van der Waals surface area contributed by atoms with Crippen LogP contribution in [0, 0.1) is 0 Å². The monoisotopic (exact) mass is 480 g/mol. The highest BCUT2D eigenvalue weighted by atomic mass is 32.2. The number of hydrogen-bond donors (Lipinski definition) is 1. The van der Waals surface area contributed by atoms with Crippen molar-refractivity contribution in [2.75, 3.05) is 11.9 Å². The molecule has 0 aliphatic carbocycles. The normalized spacial score (nSPS) is 24.1. The van der Waals surface area contributed by atoms with E-state index in [0.29, 0.717) is 10.6 Å². The molecule has 178 valence electrons. The van der Waals surface area contributed by atoms with E-state index in [9.17, 15) is 19.2 Å². The zero-order valence-electron chi connectivity index (χ0n) is 18.4. The van der Waals surface area contributed by atoms with E-state index >= 15 is 0 Å². The van der Waals surface area contributed by atoms with Crippen molar-refractivity contribution in [3.8, 4) is 0 Å². The van der Waals surface area contributed by atoms with Gasteiger partial charge in [-0.25, -0.2) is 0 Å². The summed E-state index contributed by atoms with van der Waals surface area (Å²) in [5.74, 6) is -2.20. The Bertz CT molecular complexity index is 952. The molecule has 1 aromatic carbocycles. The van der Waals surface area contributed by atoms with E-state index in [1.165, 1.54) is 20.8 Å². The molecular formula is C20H24N4O8S. The molecule has 12 nitrogen and oxygen atoms in total. The van der Waals surface area contributed by atoms with Gasteiger partial charge >= 0.3 is 17.9 Å². The number of esters is 3. The van der Waals surface area contributed by atoms with Crippen LogP contribution in [0.5, 0.6) is 0 Å². The molecule has 0 spiro atoms. The topological polar surface area (TPSA) is 166 Å². The van der Waals surface area contributed by atoms with Crippen molar-refractivity contribution >= 4 is 41.3 Å². The molecular weight excluding hydrogens is 456 g/mol. The molecule has 2 rings (SSSR count). The van der Waals surface area contributed by atoms with Gasteiger partial charge in [0.15, 0.2) is 0 Å². The minimum Gasteiger partial charge on any atom is -0.463 e. The van der Waals surface area contributed by atoms with Crippen molar-refractivity contribution in [2.45, 2.75) is 62.4 Å². The van der Waals surface area contributed by atoms with E-state index in [1.807, 2.05) is 0 Å². The predicted octanol–water partition coefficient (Wildman–Crippen LogP) is 2.57. The first-order chi connectivity index (χ1) is 15.6. The van der Waals surface area contributed by atoms with Crippen LogP contribution >= 0.6 is 11.8 Å². The first-order valence-electron chi connectivity index (χ1n) is 9.82. The van der Waals surface area contributed by atoms with Gasteiger partial charge in [-0.05, 0) is 23.7 Å². The summed E-state index contributed by atoms with van der Waals surface area (Å²) in [5.41, 5.74) is 8.74. The molecule has 1 saturated heterocycles. The second-order valence-electron chi connectivity index (χ2n) is 7.02. The zero-order valence-corrected chi connectivity index (χ0v) is 19.2. The number of ether oxygens (including phenoxy) is 4. The van der Waals surface area contributed by atoms with Crippen LogP contribution in [0.25, 0.3) is 10.4 Å². The van der Waals surface area contributed by atoms with Crippen molar-refractivity contribution in [1.29, 1.82) is 0 Å². The highest BCUT2D eigenvalue weighted by molar-refractivity contribution is 7.99. The Morgan fingerprint density at radius 1 is 1.09 bits per heavy atom. The number of azide groups is 1. The van der Waals surface area contributed by atoms with Crippen molar-refractivity contribution in [3.05, 3.63) is 34.7 Å². The van der Waals surface area contributed by atoms with Crippen LogP contribution in [0.1, 0.15) is 27.7 Å². The molecule has 0 aromatic heterocycles. The van der Waals surface area contributed by atoms with Crippen LogP contribution < -0.4 is 5.32 Å². The summed E-state index contributed by atoms with van der Waals surface area (Å²) in [5, 5.41) is 6.38. The molecule has 1 aromatic rings. The number of nitrogens with zero attached hydrogens (tertiary/aromatic N) is 3. The van der Waals surface area contributed by atoms with Gasteiger partial charge in [-0.15, -0.1) is 0 Å². The Hall–Kier alpha value is -3.28. The van der Waals surface area contributed by atoms with Gasteiger partial charge in [0.05, 0.1) is 0 Å². The number of amides is 1. The van der Waals surface area contributed by atoms with Gasteiger partial charge in [0.2, 0.25) is 5.91 Å². The number of carbonyl (C=O) groups is 4. The summed E-state index contributed by atoms with van der Waals surface area (Å²) in [6.45, 7) is 4.62. The second-order valence-corrected chi connectivity index (χ2v) is 8.19. The Balaban J connectivity index is 2.43. The number of anilines is 1. The average molecular weight is 480 g/mol. The molecule has 1 aliphatic heterocycles. The van der Waals surface area contributed by atoms with Gasteiger partial charge < -0.3 is 24.3 Å². The van der Waals surface area contributed by atoms with Gasteiger partial charge in [0.1, 0.15) is 36.4 Å². The lowest BCUT2D eigenvalue weighted by atomic mass is 9.97. The van der Waals surface area contributed by atoms with Crippen molar-refractivity contribution in [1.82, 2.24) is 0 Å². The van der Waals surface area contributed by atoms with Crippen molar-refractivity contribution in [2.24, 2.45) is 5.11 Å². The molecule has 3 unspecified atom stereocenters. The number of carbonyl (C=O) groups excluding carboxylic acids is 4. The number of hydrogen-bond acceptors (Lipinski definition) is 10. The summed E-state index contributed by atoms with van der Waals surface area (Å²) in [7, 11) is 0. The number of thioether (sulfide) groups is 1. The van der Waals surface area contributed by atoms with Crippen molar-refractivity contribution in [3.63, 3.8) is 0 Å². The van der Waals surface area contributed by atoms with E-state index in [0.717, 1.165) is 18.7 Å². The maximum absolute atomic E-state index is 11.8. The standard InChI is InChI=1S/C20H24N4O8S/c1-10(25)22-14-6-5-7-15(8-14)33-20-19(31-13(4)28)17(23-24-21)18(30-12(3)27)16(32-20)9-29-11(2)26/h5-8,16-20H,9H2,1-4H3,(H,22,25)/t16?,17?,18-,19?,20+/m1/s1. The average Bonchev–Trinajstić information content (AvgIpc) is 2.70. The van der Waals surface area contributed by atoms with Crippen LogP contribution in [-0.4, -0.2) is 60.2 Å². The molecule has 1 aliphatic rings. The highest BCUT2D eigenvalue weighted by Crippen LogP contribution is 2.38. The molecule has 33 heavy (non-hydrogen) atoms. The quantitative estimate of drug-likeness (QED) is 0.193. The second kappa shape index (κ2) is 12.1. The zero-order chi connectivity index (χ0) is 24.5. The van der Waals surface area contributed by atoms with Gasteiger partial charge in [-0.1, -0.05) is 22.9 Å². The van der Waals surface area contributed by atoms with Crippen LogP contribution in [0.4, 0.5) is 5.69 Å². The van der Waals surface area contributed by atoms with Crippen LogP contribution in [-0.2, 0) is 38.1 Å². The number of nitrogens with one attached hydrogen (secondary N) is 1. The van der Waals surface area contributed by atoms with Crippen molar-refractivity contribution < 1.29 is 38.1 Å². The maximum Gasteiger partial charge on any atom is 0.303 e.